The smallest absolute Gasteiger partial charge is 0.147 e. The van der Waals surface area contributed by atoms with Gasteiger partial charge < -0.3 is 0 Å². The molecular formula is C16H17BrClFN2. The van der Waals surface area contributed by atoms with Crippen LogP contribution in [-0.2, 0) is 5.41 Å². The largest absolute Gasteiger partial charge is 0.235 e. The van der Waals surface area contributed by atoms with Crippen molar-refractivity contribution in [3.8, 4) is 0 Å². The van der Waals surface area contributed by atoms with E-state index in [2.05, 4.69) is 39.7 Å². The molecule has 0 atom stereocenters. The van der Waals surface area contributed by atoms with Gasteiger partial charge in [-0.05, 0) is 53.4 Å². The molecule has 2 rings (SSSR count). The normalized spacial score (nSPS) is 12.0. The summed E-state index contributed by atoms with van der Waals surface area (Å²) in [4.78, 5) is 9.07. The number of nitrogens with zero attached hydrogens (tertiary/aromatic N) is 2. The first-order valence-electron chi connectivity index (χ1n) is 6.73. The molecule has 1 aromatic carbocycles. The summed E-state index contributed by atoms with van der Waals surface area (Å²) in [5.41, 5.74) is 1.36. The average molecular weight is 372 g/mol. The van der Waals surface area contributed by atoms with E-state index in [0.29, 0.717) is 11.0 Å². The molecule has 1 heterocycles. The summed E-state index contributed by atoms with van der Waals surface area (Å²) in [5.74, 6) is 0.598. The predicted octanol–water partition coefficient (Wildman–Crippen LogP) is 5.48. The fourth-order valence-electron chi connectivity index (χ4n) is 2.09. The van der Waals surface area contributed by atoms with Gasteiger partial charge in [-0.3, -0.25) is 0 Å². The standard InChI is InChI=1S/C16H17BrClFN2/c1-9(2)13-12(17)14(18)21-15(20-13)16(3,4)10-5-7-11(19)8-6-10/h5-9H,1-4H3. The van der Waals surface area contributed by atoms with E-state index in [1.165, 1.54) is 12.1 Å². The molecule has 112 valence electrons. The summed E-state index contributed by atoms with van der Waals surface area (Å²) < 4.78 is 13.8. The van der Waals surface area contributed by atoms with Gasteiger partial charge in [-0.1, -0.05) is 37.6 Å². The first kappa shape index (κ1) is 16.4. The summed E-state index contributed by atoms with van der Waals surface area (Å²) in [6, 6.07) is 6.40. The van der Waals surface area contributed by atoms with Crippen LogP contribution in [0.4, 0.5) is 4.39 Å². The lowest BCUT2D eigenvalue weighted by Crippen LogP contribution is -2.23. The van der Waals surface area contributed by atoms with Crippen molar-refractivity contribution in [3.05, 3.63) is 56.8 Å². The molecule has 0 aliphatic heterocycles. The van der Waals surface area contributed by atoms with E-state index in [0.717, 1.165) is 15.7 Å². The molecule has 0 unspecified atom stereocenters. The van der Waals surface area contributed by atoms with Crippen LogP contribution in [0.5, 0.6) is 0 Å². The number of rotatable bonds is 3. The van der Waals surface area contributed by atoms with Gasteiger partial charge in [0.15, 0.2) is 0 Å². The van der Waals surface area contributed by atoms with E-state index >= 15 is 0 Å². The van der Waals surface area contributed by atoms with Crippen molar-refractivity contribution in [2.45, 2.75) is 39.0 Å². The summed E-state index contributed by atoms with van der Waals surface area (Å²) in [6.07, 6.45) is 0. The van der Waals surface area contributed by atoms with Crippen molar-refractivity contribution in [2.24, 2.45) is 0 Å². The summed E-state index contributed by atoms with van der Waals surface area (Å²) in [6.45, 7) is 8.12. The van der Waals surface area contributed by atoms with Gasteiger partial charge in [0.25, 0.3) is 0 Å². The monoisotopic (exact) mass is 370 g/mol. The first-order valence-corrected chi connectivity index (χ1v) is 7.90. The second-order valence-electron chi connectivity index (χ2n) is 5.82. The number of aromatic nitrogens is 2. The van der Waals surface area contributed by atoms with Crippen LogP contribution in [0.25, 0.3) is 0 Å². The molecule has 0 saturated heterocycles. The van der Waals surface area contributed by atoms with Crippen LogP contribution in [0, 0.1) is 5.82 Å². The number of benzene rings is 1. The molecular weight excluding hydrogens is 355 g/mol. The third-order valence-electron chi connectivity index (χ3n) is 3.51. The van der Waals surface area contributed by atoms with Gasteiger partial charge >= 0.3 is 0 Å². The van der Waals surface area contributed by atoms with Crippen LogP contribution in [0.2, 0.25) is 5.15 Å². The lowest BCUT2D eigenvalue weighted by Gasteiger charge is -2.25. The highest BCUT2D eigenvalue weighted by Crippen LogP contribution is 2.34. The molecule has 2 nitrogen and oxygen atoms in total. The SMILES string of the molecule is CC(C)c1nc(C(C)(C)c2ccc(F)cc2)nc(Cl)c1Br. The first-order chi connectivity index (χ1) is 9.73. The van der Waals surface area contributed by atoms with Crippen molar-refractivity contribution in [2.75, 3.05) is 0 Å². The molecule has 21 heavy (non-hydrogen) atoms. The highest BCUT2D eigenvalue weighted by molar-refractivity contribution is 9.10. The van der Waals surface area contributed by atoms with Gasteiger partial charge in [-0.25, -0.2) is 14.4 Å². The zero-order valence-electron chi connectivity index (χ0n) is 12.4. The Balaban J connectivity index is 2.56. The van der Waals surface area contributed by atoms with E-state index in [4.69, 9.17) is 11.6 Å². The minimum absolute atomic E-state index is 0.225. The highest BCUT2D eigenvalue weighted by atomic mass is 79.9. The molecule has 0 fully saturated rings. The Morgan fingerprint density at radius 1 is 1.14 bits per heavy atom. The molecule has 0 bridgehead atoms. The van der Waals surface area contributed by atoms with E-state index in [1.807, 2.05) is 13.8 Å². The predicted molar refractivity (Wildman–Crippen MR) is 87.4 cm³/mol. The van der Waals surface area contributed by atoms with E-state index < -0.39 is 5.41 Å². The maximum Gasteiger partial charge on any atom is 0.147 e. The second-order valence-corrected chi connectivity index (χ2v) is 6.97. The Bertz CT molecular complexity index is 654. The topological polar surface area (TPSA) is 25.8 Å². The summed E-state index contributed by atoms with van der Waals surface area (Å²) in [7, 11) is 0. The Kier molecular flexibility index (Phi) is 4.69. The van der Waals surface area contributed by atoms with Crippen molar-refractivity contribution in [3.63, 3.8) is 0 Å². The molecule has 0 aliphatic rings. The van der Waals surface area contributed by atoms with E-state index in [9.17, 15) is 4.39 Å². The minimum Gasteiger partial charge on any atom is -0.235 e. The van der Waals surface area contributed by atoms with Crippen molar-refractivity contribution < 1.29 is 4.39 Å². The molecule has 0 saturated carbocycles. The van der Waals surface area contributed by atoms with Crippen LogP contribution in [-0.4, -0.2) is 9.97 Å². The van der Waals surface area contributed by atoms with Crippen LogP contribution >= 0.6 is 27.5 Å². The van der Waals surface area contributed by atoms with Crippen LogP contribution in [0.1, 0.15) is 50.7 Å². The van der Waals surface area contributed by atoms with Crippen LogP contribution in [0.3, 0.4) is 0 Å². The fourth-order valence-corrected chi connectivity index (χ4v) is 2.91. The molecule has 5 heteroatoms. The maximum atomic E-state index is 13.1. The van der Waals surface area contributed by atoms with Crippen molar-refractivity contribution in [1.29, 1.82) is 0 Å². The third-order valence-corrected chi connectivity index (χ3v) is 4.79. The summed E-state index contributed by atoms with van der Waals surface area (Å²) in [5, 5.41) is 0.402. The number of hydrogen-bond donors (Lipinski definition) is 0. The van der Waals surface area contributed by atoms with Gasteiger partial charge in [0.05, 0.1) is 10.2 Å². The molecule has 0 N–H and O–H groups in total. The Morgan fingerprint density at radius 2 is 1.71 bits per heavy atom. The highest BCUT2D eigenvalue weighted by Gasteiger charge is 2.28. The number of hydrogen-bond acceptors (Lipinski definition) is 2. The van der Waals surface area contributed by atoms with Crippen molar-refractivity contribution >= 4 is 27.5 Å². The van der Waals surface area contributed by atoms with Gasteiger partial charge in [0.1, 0.15) is 16.8 Å². The average Bonchev–Trinajstić information content (AvgIpc) is 2.41. The summed E-state index contributed by atoms with van der Waals surface area (Å²) >= 11 is 9.66. The van der Waals surface area contributed by atoms with E-state index in [-0.39, 0.29) is 11.7 Å². The lowest BCUT2D eigenvalue weighted by atomic mass is 9.83. The Labute approximate surface area is 137 Å². The molecule has 0 aliphatic carbocycles. The molecule has 1 aromatic heterocycles. The quantitative estimate of drug-likeness (QED) is 0.668. The van der Waals surface area contributed by atoms with Crippen LogP contribution in [0.15, 0.2) is 28.7 Å². The number of halogens is 3. The van der Waals surface area contributed by atoms with Gasteiger partial charge in [0, 0.05) is 5.41 Å². The molecule has 0 amide bonds. The molecule has 0 radical (unpaired) electrons. The van der Waals surface area contributed by atoms with Gasteiger partial charge in [-0.15, -0.1) is 0 Å². The molecule has 0 spiro atoms. The minimum atomic E-state index is -0.457. The van der Waals surface area contributed by atoms with Crippen molar-refractivity contribution in [1.82, 2.24) is 9.97 Å². The maximum absolute atomic E-state index is 13.1. The second kappa shape index (κ2) is 6.01. The van der Waals surface area contributed by atoms with Crippen LogP contribution < -0.4 is 0 Å². The van der Waals surface area contributed by atoms with Gasteiger partial charge in [-0.2, -0.15) is 0 Å². The third kappa shape index (κ3) is 3.27. The Morgan fingerprint density at radius 3 is 2.24 bits per heavy atom. The van der Waals surface area contributed by atoms with Gasteiger partial charge in [0.2, 0.25) is 0 Å². The zero-order valence-corrected chi connectivity index (χ0v) is 14.8. The zero-order chi connectivity index (χ0) is 15.8. The van der Waals surface area contributed by atoms with E-state index in [1.54, 1.807) is 12.1 Å². The Hall–Kier alpha value is -1.00. The molecule has 2 aromatic rings. The fraction of sp³-hybridized carbons (Fsp3) is 0.375. The lowest BCUT2D eigenvalue weighted by molar-refractivity contribution is 0.574.